The number of aromatic nitrogens is 2. The maximum atomic E-state index is 12.8. The van der Waals surface area contributed by atoms with E-state index in [1.54, 1.807) is 12.1 Å². The van der Waals surface area contributed by atoms with Gasteiger partial charge in [0.05, 0.1) is 5.69 Å². The van der Waals surface area contributed by atoms with E-state index in [2.05, 4.69) is 4.98 Å². The van der Waals surface area contributed by atoms with Crippen LogP contribution in [0.2, 0.25) is 0 Å². The highest BCUT2D eigenvalue weighted by atomic mass is 16.3. The van der Waals surface area contributed by atoms with Gasteiger partial charge >= 0.3 is 0 Å². The van der Waals surface area contributed by atoms with Crippen LogP contribution in [0.5, 0.6) is 5.75 Å². The second kappa shape index (κ2) is 4.45. The van der Waals surface area contributed by atoms with Crippen LogP contribution in [-0.2, 0) is 0 Å². The maximum absolute atomic E-state index is 12.8. The molecule has 0 aliphatic heterocycles. The molecular weight excluding hydrogens is 264 g/mol. The quantitative estimate of drug-likeness (QED) is 0.749. The molecule has 0 unspecified atom stereocenters. The van der Waals surface area contributed by atoms with Gasteiger partial charge < -0.3 is 5.11 Å². The lowest BCUT2D eigenvalue weighted by atomic mass is 10.1. The zero-order chi connectivity index (χ0) is 14.4. The third-order valence-corrected chi connectivity index (χ3v) is 3.87. The van der Waals surface area contributed by atoms with Crippen LogP contribution in [0.1, 0.15) is 40.5 Å². The van der Waals surface area contributed by atoms with Crippen molar-refractivity contribution in [3.8, 4) is 5.75 Å². The van der Waals surface area contributed by atoms with E-state index in [1.165, 1.54) is 12.1 Å². The SMILES string of the molecule is O=C(c1ccc(O)cc1)c1c(C2CC2)nc2ccccn12. The Bertz CT molecular complexity index is 830. The average molecular weight is 278 g/mol. The Morgan fingerprint density at radius 3 is 2.62 bits per heavy atom. The molecule has 0 spiro atoms. The first-order valence-electron chi connectivity index (χ1n) is 7.05. The summed E-state index contributed by atoms with van der Waals surface area (Å²) in [7, 11) is 0. The van der Waals surface area contributed by atoms with Crippen molar-refractivity contribution >= 4 is 11.4 Å². The van der Waals surface area contributed by atoms with Crippen molar-refractivity contribution in [3.63, 3.8) is 0 Å². The monoisotopic (exact) mass is 278 g/mol. The van der Waals surface area contributed by atoms with E-state index in [0.717, 1.165) is 24.2 Å². The number of rotatable bonds is 3. The van der Waals surface area contributed by atoms with E-state index in [4.69, 9.17) is 0 Å². The molecule has 1 aliphatic carbocycles. The molecular formula is C17H14N2O2. The topological polar surface area (TPSA) is 54.6 Å². The number of phenolic OH excluding ortho intramolecular Hbond substituents is 1. The van der Waals surface area contributed by atoms with Gasteiger partial charge in [0.2, 0.25) is 5.78 Å². The Morgan fingerprint density at radius 2 is 1.90 bits per heavy atom. The van der Waals surface area contributed by atoms with Gasteiger partial charge in [-0.05, 0) is 49.2 Å². The van der Waals surface area contributed by atoms with Crippen molar-refractivity contribution < 1.29 is 9.90 Å². The molecule has 0 amide bonds. The summed E-state index contributed by atoms with van der Waals surface area (Å²) in [6.07, 6.45) is 4.07. The standard InChI is InChI=1S/C17H14N2O2/c20-13-8-6-12(7-9-13)17(21)16-15(11-4-5-11)18-14-3-1-2-10-19(14)16/h1-3,6-11,20H,4-5H2. The third-order valence-electron chi connectivity index (χ3n) is 3.87. The number of hydrogen-bond acceptors (Lipinski definition) is 3. The lowest BCUT2D eigenvalue weighted by Gasteiger charge is -2.04. The summed E-state index contributed by atoms with van der Waals surface area (Å²) in [5.74, 6) is 0.517. The van der Waals surface area contributed by atoms with E-state index in [9.17, 15) is 9.90 Å². The largest absolute Gasteiger partial charge is 0.508 e. The summed E-state index contributed by atoms with van der Waals surface area (Å²) < 4.78 is 1.86. The smallest absolute Gasteiger partial charge is 0.211 e. The van der Waals surface area contributed by atoms with Gasteiger partial charge in [0.15, 0.2) is 0 Å². The van der Waals surface area contributed by atoms with Crippen LogP contribution >= 0.6 is 0 Å². The summed E-state index contributed by atoms with van der Waals surface area (Å²) in [4.78, 5) is 17.5. The van der Waals surface area contributed by atoms with Crippen LogP contribution < -0.4 is 0 Å². The van der Waals surface area contributed by atoms with Gasteiger partial charge in [0.1, 0.15) is 17.1 Å². The van der Waals surface area contributed by atoms with Crippen LogP contribution in [-0.4, -0.2) is 20.3 Å². The lowest BCUT2D eigenvalue weighted by molar-refractivity contribution is 0.103. The summed E-state index contributed by atoms with van der Waals surface area (Å²) in [6.45, 7) is 0. The van der Waals surface area contributed by atoms with E-state index in [0.29, 0.717) is 17.2 Å². The number of benzene rings is 1. The van der Waals surface area contributed by atoms with Gasteiger partial charge in [-0.1, -0.05) is 6.07 Å². The van der Waals surface area contributed by atoms with E-state index < -0.39 is 0 Å². The molecule has 4 nitrogen and oxygen atoms in total. The number of pyridine rings is 1. The summed E-state index contributed by atoms with van der Waals surface area (Å²) in [5, 5.41) is 9.36. The average Bonchev–Trinajstić information content (AvgIpc) is 3.28. The zero-order valence-electron chi connectivity index (χ0n) is 11.4. The third kappa shape index (κ3) is 2.00. The molecule has 4 heteroatoms. The van der Waals surface area contributed by atoms with Gasteiger partial charge in [-0.3, -0.25) is 9.20 Å². The van der Waals surface area contributed by atoms with Crippen LogP contribution in [0.4, 0.5) is 0 Å². The number of fused-ring (bicyclic) bond motifs is 1. The lowest BCUT2D eigenvalue weighted by Crippen LogP contribution is -2.07. The minimum Gasteiger partial charge on any atom is -0.508 e. The molecule has 1 fully saturated rings. The molecule has 21 heavy (non-hydrogen) atoms. The number of carbonyl (C=O) groups excluding carboxylic acids is 1. The Balaban J connectivity index is 1.90. The highest BCUT2D eigenvalue weighted by Crippen LogP contribution is 2.41. The van der Waals surface area contributed by atoms with Crippen molar-refractivity contribution in [2.24, 2.45) is 0 Å². The minimum atomic E-state index is -0.0457. The van der Waals surface area contributed by atoms with E-state index >= 15 is 0 Å². The molecule has 2 heterocycles. The molecule has 104 valence electrons. The fraction of sp³-hybridized carbons (Fsp3) is 0.176. The molecule has 1 aliphatic rings. The number of nitrogens with zero attached hydrogens (tertiary/aromatic N) is 2. The first kappa shape index (κ1) is 12.1. The van der Waals surface area contributed by atoms with Crippen molar-refractivity contribution in [2.45, 2.75) is 18.8 Å². The van der Waals surface area contributed by atoms with E-state index in [1.807, 2.05) is 28.8 Å². The molecule has 1 saturated carbocycles. The van der Waals surface area contributed by atoms with Gasteiger partial charge in [-0.25, -0.2) is 4.98 Å². The number of ketones is 1. The Hall–Kier alpha value is -2.62. The van der Waals surface area contributed by atoms with E-state index in [-0.39, 0.29) is 11.5 Å². The highest BCUT2D eigenvalue weighted by Gasteiger charge is 2.32. The van der Waals surface area contributed by atoms with Crippen LogP contribution in [0.25, 0.3) is 5.65 Å². The minimum absolute atomic E-state index is 0.0457. The van der Waals surface area contributed by atoms with Crippen molar-refractivity contribution in [3.05, 3.63) is 65.6 Å². The first-order chi connectivity index (χ1) is 10.2. The van der Waals surface area contributed by atoms with Crippen molar-refractivity contribution in [1.29, 1.82) is 0 Å². The van der Waals surface area contributed by atoms with Crippen LogP contribution in [0, 0.1) is 0 Å². The normalized spacial score (nSPS) is 14.5. The molecule has 1 N–H and O–H groups in total. The van der Waals surface area contributed by atoms with Crippen LogP contribution in [0.15, 0.2) is 48.7 Å². The zero-order valence-corrected chi connectivity index (χ0v) is 11.4. The second-order valence-corrected chi connectivity index (χ2v) is 5.42. The van der Waals surface area contributed by atoms with Crippen molar-refractivity contribution in [1.82, 2.24) is 9.38 Å². The predicted octanol–water partition coefficient (Wildman–Crippen LogP) is 3.15. The molecule has 2 aromatic heterocycles. The summed E-state index contributed by atoms with van der Waals surface area (Å²) >= 11 is 0. The Morgan fingerprint density at radius 1 is 1.14 bits per heavy atom. The van der Waals surface area contributed by atoms with Gasteiger partial charge in [-0.2, -0.15) is 0 Å². The second-order valence-electron chi connectivity index (χ2n) is 5.42. The van der Waals surface area contributed by atoms with Gasteiger partial charge in [-0.15, -0.1) is 0 Å². The first-order valence-corrected chi connectivity index (χ1v) is 7.05. The van der Waals surface area contributed by atoms with Crippen molar-refractivity contribution in [2.75, 3.05) is 0 Å². The van der Waals surface area contributed by atoms with Gasteiger partial charge in [0, 0.05) is 17.7 Å². The molecule has 1 aromatic carbocycles. The number of imidazole rings is 1. The Labute approximate surface area is 121 Å². The summed E-state index contributed by atoms with van der Waals surface area (Å²) in [6, 6.07) is 12.1. The molecule has 3 aromatic rings. The summed E-state index contributed by atoms with van der Waals surface area (Å²) in [5.41, 5.74) is 2.93. The number of aromatic hydroxyl groups is 1. The fourth-order valence-corrected chi connectivity index (χ4v) is 2.63. The molecule has 0 bridgehead atoms. The molecule has 0 radical (unpaired) electrons. The van der Waals surface area contributed by atoms with Gasteiger partial charge in [0.25, 0.3) is 0 Å². The number of phenols is 1. The predicted molar refractivity (Wildman–Crippen MR) is 78.7 cm³/mol. The molecule has 0 atom stereocenters. The molecule has 0 saturated heterocycles. The number of hydrogen-bond donors (Lipinski definition) is 1. The van der Waals surface area contributed by atoms with Crippen LogP contribution in [0.3, 0.4) is 0 Å². The fourth-order valence-electron chi connectivity index (χ4n) is 2.63. The Kier molecular flexibility index (Phi) is 2.57. The molecule has 4 rings (SSSR count). The highest BCUT2D eigenvalue weighted by molar-refractivity contribution is 6.09. The number of carbonyl (C=O) groups is 1. The maximum Gasteiger partial charge on any atom is 0.211 e.